The first kappa shape index (κ1) is 18.0. The minimum absolute atomic E-state index is 0. The number of piperidine rings is 1. The van der Waals surface area contributed by atoms with Gasteiger partial charge in [0.2, 0.25) is 0 Å². The van der Waals surface area contributed by atoms with Gasteiger partial charge in [-0.2, -0.15) is 0 Å². The molecule has 2 N–H and O–H groups in total. The average molecular weight is 341 g/mol. The van der Waals surface area contributed by atoms with Gasteiger partial charge in [0, 0.05) is 32.5 Å². The zero-order chi connectivity index (χ0) is 15.4. The van der Waals surface area contributed by atoms with Gasteiger partial charge in [0.1, 0.15) is 18.0 Å². The van der Waals surface area contributed by atoms with Crippen molar-refractivity contribution in [1.29, 1.82) is 0 Å². The quantitative estimate of drug-likeness (QED) is 0.910. The zero-order valence-corrected chi connectivity index (χ0v) is 14.0. The van der Waals surface area contributed by atoms with Crippen LogP contribution in [0.15, 0.2) is 30.3 Å². The molecule has 5 nitrogen and oxygen atoms in total. The third-order valence-corrected chi connectivity index (χ3v) is 4.45. The Labute approximate surface area is 143 Å². The van der Waals surface area contributed by atoms with E-state index in [0.717, 1.165) is 44.5 Å². The first-order valence-electron chi connectivity index (χ1n) is 8.12. The number of ether oxygens (including phenoxy) is 2. The van der Waals surface area contributed by atoms with Crippen LogP contribution in [0.3, 0.4) is 0 Å². The van der Waals surface area contributed by atoms with Crippen molar-refractivity contribution in [2.24, 2.45) is 5.73 Å². The van der Waals surface area contributed by atoms with Crippen molar-refractivity contribution in [2.75, 3.05) is 19.6 Å². The van der Waals surface area contributed by atoms with Gasteiger partial charge in [-0.25, -0.2) is 0 Å². The molecular weight excluding hydrogens is 316 g/mol. The molecule has 3 rings (SSSR count). The fourth-order valence-corrected chi connectivity index (χ4v) is 3.15. The van der Waals surface area contributed by atoms with Gasteiger partial charge in [-0.15, -0.1) is 12.4 Å². The maximum Gasteiger partial charge on any atom is 0.251 e. The molecule has 2 aliphatic rings. The highest BCUT2D eigenvalue weighted by molar-refractivity contribution is 5.85. The molecule has 6 heteroatoms. The van der Waals surface area contributed by atoms with E-state index in [0.29, 0.717) is 6.54 Å². The molecule has 0 radical (unpaired) electrons. The van der Waals surface area contributed by atoms with Crippen LogP contribution in [0.25, 0.3) is 0 Å². The minimum Gasteiger partial charge on any atom is -0.490 e. The molecule has 0 aliphatic carbocycles. The highest BCUT2D eigenvalue weighted by atomic mass is 35.5. The summed E-state index contributed by atoms with van der Waals surface area (Å²) in [5.74, 6) is 1.02. The van der Waals surface area contributed by atoms with E-state index in [9.17, 15) is 4.79 Å². The Morgan fingerprint density at radius 2 is 1.87 bits per heavy atom. The second-order valence-electron chi connectivity index (χ2n) is 6.02. The summed E-state index contributed by atoms with van der Waals surface area (Å²) < 4.78 is 11.7. The first-order chi connectivity index (χ1) is 10.8. The number of hydrogen-bond acceptors (Lipinski definition) is 4. The molecule has 23 heavy (non-hydrogen) atoms. The molecule has 1 aromatic carbocycles. The Kier molecular flexibility index (Phi) is 6.69. The number of halogens is 1. The van der Waals surface area contributed by atoms with Crippen molar-refractivity contribution in [3.05, 3.63) is 30.3 Å². The topological polar surface area (TPSA) is 64.8 Å². The number of likely N-dealkylation sites (tertiary alicyclic amines) is 1. The summed E-state index contributed by atoms with van der Waals surface area (Å²) in [4.78, 5) is 14.4. The van der Waals surface area contributed by atoms with E-state index in [2.05, 4.69) is 0 Å². The third-order valence-electron chi connectivity index (χ3n) is 4.45. The summed E-state index contributed by atoms with van der Waals surface area (Å²) in [6.07, 6.45) is 3.36. The van der Waals surface area contributed by atoms with Gasteiger partial charge in [-0.1, -0.05) is 18.2 Å². The Balaban J connectivity index is 0.00000192. The summed E-state index contributed by atoms with van der Waals surface area (Å²) in [5, 5.41) is 0. The smallest absolute Gasteiger partial charge is 0.251 e. The number of amides is 1. The van der Waals surface area contributed by atoms with E-state index in [4.69, 9.17) is 15.2 Å². The molecule has 0 bridgehead atoms. The summed E-state index contributed by atoms with van der Waals surface area (Å²) in [5.41, 5.74) is 5.60. The largest absolute Gasteiger partial charge is 0.490 e. The van der Waals surface area contributed by atoms with Crippen LogP contribution in [-0.4, -0.2) is 48.8 Å². The normalized spacial score (nSPS) is 25.0. The van der Waals surface area contributed by atoms with Crippen molar-refractivity contribution < 1.29 is 14.3 Å². The molecule has 2 saturated heterocycles. The molecular formula is C17H25ClN2O3. The molecule has 2 aliphatic heterocycles. The van der Waals surface area contributed by atoms with Crippen LogP contribution in [0.4, 0.5) is 0 Å². The van der Waals surface area contributed by atoms with Crippen LogP contribution in [0, 0.1) is 0 Å². The fraction of sp³-hybridized carbons (Fsp3) is 0.588. The molecule has 0 spiro atoms. The van der Waals surface area contributed by atoms with Gasteiger partial charge in [-0.05, 0) is 25.0 Å². The van der Waals surface area contributed by atoms with Gasteiger partial charge in [0.25, 0.3) is 5.91 Å². The van der Waals surface area contributed by atoms with Gasteiger partial charge in [-0.3, -0.25) is 4.79 Å². The van der Waals surface area contributed by atoms with Crippen LogP contribution < -0.4 is 10.5 Å². The van der Waals surface area contributed by atoms with Crippen molar-refractivity contribution in [2.45, 2.75) is 44.0 Å². The summed E-state index contributed by atoms with van der Waals surface area (Å²) in [7, 11) is 0. The Morgan fingerprint density at radius 1 is 1.17 bits per heavy atom. The lowest BCUT2D eigenvalue weighted by Gasteiger charge is -2.33. The lowest BCUT2D eigenvalue weighted by atomic mass is 10.1. The molecule has 1 amide bonds. The van der Waals surface area contributed by atoms with Gasteiger partial charge in [0.15, 0.2) is 0 Å². The van der Waals surface area contributed by atoms with Crippen LogP contribution >= 0.6 is 12.4 Å². The van der Waals surface area contributed by atoms with Crippen LogP contribution in [0.2, 0.25) is 0 Å². The molecule has 0 aromatic heterocycles. The minimum atomic E-state index is -0.292. The third kappa shape index (κ3) is 4.59. The first-order valence-corrected chi connectivity index (χ1v) is 8.12. The number of nitrogens with two attached hydrogens (primary N) is 1. The monoisotopic (exact) mass is 340 g/mol. The molecule has 2 heterocycles. The van der Waals surface area contributed by atoms with E-state index in [1.54, 1.807) is 0 Å². The number of benzene rings is 1. The van der Waals surface area contributed by atoms with Crippen molar-refractivity contribution in [3.8, 4) is 5.75 Å². The van der Waals surface area contributed by atoms with Crippen LogP contribution in [0.1, 0.15) is 25.7 Å². The van der Waals surface area contributed by atoms with E-state index in [-0.39, 0.29) is 36.6 Å². The summed E-state index contributed by atoms with van der Waals surface area (Å²) in [6, 6.07) is 9.86. The molecule has 2 atom stereocenters. The molecule has 0 saturated carbocycles. The number of hydrogen-bond donors (Lipinski definition) is 1. The molecule has 1 aromatic rings. The van der Waals surface area contributed by atoms with Crippen molar-refractivity contribution >= 4 is 18.3 Å². The maximum atomic E-state index is 12.4. The molecule has 2 fully saturated rings. The number of carbonyl (C=O) groups is 1. The lowest BCUT2D eigenvalue weighted by Crippen LogP contribution is -2.46. The summed E-state index contributed by atoms with van der Waals surface area (Å²) in [6.45, 7) is 1.98. The summed E-state index contributed by atoms with van der Waals surface area (Å²) >= 11 is 0. The van der Waals surface area contributed by atoms with E-state index in [1.807, 2.05) is 35.2 Å². The Hall–Kier alpha value is -1.30. The van der Waals surface area contributed by atoms with E-state index >= 15 is 0 Å². The van der Waals surface area contributed by atoms with Gasteiger partial charge in [0.05, 0.1) is 6.10 Å². The SMILES string of the molecule is Cl.NC[C@H]1CC[C@@H](C(=O)N2CCC(Oc3ccccc3)CC2)O1. The number of para-hydroxylation sites is 1. The zero-order valence-electron chi connectivity index (χ0n) is 13.2. The fourth-order valence-electron chi connectivity index (χ4n) is 3.15. The highest BCUT2D eigenvalue weighted by Gasteiger charge is 2.34. The Morgan fingerprint density at radius 3 is 2.48 bits per heavy atom. The van der Waals surface area contributed by atoms with Gasteiger partial charge >= 0.3 is 0 Å². The Bertz CT molecular complexity index is 492. The number of rotatable bonds is 4. The van der Waals surface area contributed by atoms with Crippen LogP contribution in [-0.2, 0) is 9.53 Å². The van der Waals surface area contributed by atoms with Crippen LogP contribution in [0.5, 0.6) is 5.75 Å². The standard InChI is InChI=1S/C17H24N2O3.ClH/c18-12-15-6-7-16(22-15)17(20)19-10-8-14(9-11-19)21-13-4-2-1-3-5-13;/h1-5,14-16H,6-12,18H2;1H/t15-,16+;/m1./s1. The number of nitrogens with zero attached hydrogens (tertiary/aromatic N) is 1. The predicted octanol–water partition coefficient (Wildman–Crippen LogP) is 1.98. The second-order valence-corrected chi connectivity index (χ2v) is 6.02. The van der Waals surface area contributed by atoms with Crippen molar-refractivity contribution in [3.63, 3.8) is 0 Å². The number of carbonyl (C=O) groups excluding carboxylic acids is 1. The average Bonchev–Trinajstić information content (AvgIpc) is 3.05. The molecule has 128 valence electrons. The molecule has 0 unspecified atom stereocenters. The van der Waals surface area contributed by atoms with Crippen molar-refractivity contribution in [1.82, 2.24) is 4.90 Å². The maximum absolute atomic E-state index is 12.4. The van der Waals surface area contributed by atoms with Gasteiger partial charge < -0.3 is 20.1 Å². The highest BCUT2D eigenvalue weighted by Crippen LogP contribution is 2.24. The van der Waals surface area contributed by atoms with E-state index < -0.39 is 0 Å². The predicted molar refractivity (Wildman–Crippen MR) is 90.9 cm³/mol. The second kappa shape index (κ2) is 8.52. The lowest BCUT2D eigenvalue weighted by molar-refractivity contribution is -0.144. The van der Waals surface area contributed by atoms with E-state index in [1.165, 1.54) is 0 Å².